The third-order valence-corrected chi connectivity index (χ3v) is 3.16. The summed E-state index contributed by atoms with van der Waals surface area (Å²) in [4.78, 5) is 13.7. The van der Waals surface area contributed by atoms with Gasteiger partial charge in [-0.2, -0.15) is 0 Å². The second-order valence-corrected chi connectivity index (χ2v) is 4.40. The molecule has 0 spiro atoms. The quantitative estimate of drug-likeness (QED) is 0.706. The number of hydrogen-bond acceptors (Lipinski definition) is 3. The minimum atomic E-state index is -0.357. The van der Waals surface area contributed by atoms with E-state index in [0.717, 1.165) is 19.4 Å². The molecule has 0 radical (unpaired) electrons. The van der Waals surface area contributed by atoms with Crippen LogP contribution in [0.25, 0.3) is 0 Å². The first kappa shape index (κ1) is 12.5. The summed E-state index contributed by atoms with van der Waals surface area (Å²) in [5.41, 5.74) is -0.193. The Bertz CT molecular complexity index is 232. The van der Waals surface area contributed by atoms with Crippen LogP contribution in [0, 0.1) is 0 Å². The zero-order valence-corrected chi connectivity index (χ0v) is 10.1. The van der Waals surface area contributed by atoms with Crippen molar-refractivity contribution in [3.05, 3.63) is 0 Å². The molecule has 1 aliphatic heterocycles. The normalized spacial score (nSPS) is 28.9. The Morgan fingerprint density at radius 1 is 1.47 bits per heavy atom. The smallest absolute Gasteiger partial charge is 0.251 e. The molecule has 0 aromatic rings. The highest BCUT2D eigenvalue weighted by Crippen LogP contribution is 2.24. The van der Waals surface area contributed by atoms with E-state index in [9.17, 15) is 4.79 Å². The van der Waals surface area contributed by atoms with Gasteiger partial charge in [0, 0.05) is 27.3 Å². The van der Waals surface area contributed by atoms with E-state index in [-0.39, 0.29) is 17.6 Å². The van der Waals surface area contributed by atoms with Gasteiger partial charge in [-0.15, -0.1) is 0 Å². The number of hydrogen-bond donors (Lipinski definition) is 0. The third kappa shape index (κ3) is 2.92. The highest BCUT2D eigenvalue weighted by atomic mass is 16.5. The lowest BCUT2D eigenvalue weighted by Crippen LogP contribution is -2.52. The molecule has 4 nitrogen and oxygen atoms in total. The van der Waals surface area contributed by atoms with Gasteiger partial charge in [0.05, 0.1) is 5.60 Å². The average molecular weight is 215 g/mol. The van der Waals surface area contributed by atoms with Crippen molar-refractivity contribution in [2.75, 3.05) is 27.3 Å². The van der Waals surface area contributed by atoms with Crippen LogP contribution in [-0.4, -0.2) is 49.8 Å². The van der Waals surface area contributed by atoms with Gasteiger partial charge in [-0.1, -0.05) is 0 Å². The number of nitrogens with zero attached hydrogens (tertiary/aromatic N) is 1. The van der Waals surface area contributed by atoms with E-state index in [4.69, 9.17) is 9.47 Å². The molecule has 2 unspecified atom stereocenters. The average Bonchev–Trinajstić information content (AvgIpc) is 2.27. The van der Waals surface area contributed by atoms with Gasteiger partial charge in [-0.3, -0.25) is 4.79 Å². The summed E-state index contributed by atoms with van der Waals surface area (Å²) in [5, 5.41) is 0. The van der Waals surface area contributed by atoms with Crippen molar-refractivity contribution in [1.29, 1.82) is 0 Å². The third-order valence-electron chi connectivity index (χ3n) is 3.16. The zero-order chi connectivity index (χ0) is 11.5. The first-order chi connectivity index (χ1) is 7.02. The summed E-state index contributed by atoms with van der Waals surface area (Å²) >= 11 is 0. The Morgan fingerprint density at radius 3 is 2.67 bits per heavy atom. The fraction of sp³-hybridized carbons (Fsp3) is 0.909. The first-order valence-corrected chi connectivity index (χ1v) is 5.39. The molecular weight excluding hydrogens is 194 g/mol. The minimum Gasteiger partial charge on any atom is -0.377 e. The molecule has 15 heavy (non-hydrogen) atoms. The second-order valence-electron chi connectivity index (χ2n) is 4.40. The summed E-state index contributed by atoms with van der Waals surface area (Å²) < 4.78 is 10.5. The lowest BCUT2D eigenvalue weighted by molar-refractivity contribution is -0.148. The van der Waals surface area contributed by atoms with Crippen LogP contribution in [0.5, 0.6) is 0 Å². The SMILES string of the molecule is COC(C)C(=O)N1CCCC(C)(OC)C1. The maximum atomic E-state index is 11.9. The van der Waals surface area contributed by atoms with Crippen molar-refractivity contribution in [3.63, 3.8) is 0 Å². The molecule has 0 bridgehead atoms. The molecule has 1 amide bonds. The van der Waals surface area contributed by atoms with E-state index < -0.39 is 0 Å². The number of piperidine rings is 1. The van der Waals surface area contributed by atoms with Crippen molar-refractivity contribution >= 4 is 5.91 Å². The summed E-state index contributed by atoms with van der Waals surface area (Å²) in [7, 11) is 3.26. The highest BCUT2D eigenvalue weighted by molar-refractivity contribution is 5.80. The fourth-order valence-corrected chi connectivity index (χ4v) is 1.92. The van der Waals surface area contributed by atoms with Crippen molar-refractivity contribution in [2.45, 2.75) is 38.4 Å². The zero-order valence-electron chi connectivity index (χ0n) is 10.1. The Labute approximate surface area is 91.5 Å². The van der Waals surface area contributed by atoms with E-state index in [1.807, 2.05) is 11.8 Å². The predicted molar refractivity (Wildman–Crippen MR) is 57.7 cm³/mol. The molecule has 0 N–H and O–H groups in total. The Kier molecular flexibility index (Phi) is 4.11. The van der Waals surface area contributed by atoms with Gasteiger partial charge in [0.2, 0.25) is 0 Å². The number of methoxy groups -OCH3 is 2. The largest absolute Gasteiger partial charge is 0.377 e. The predicted octanol–water partition coefficient (Wildman–Crippen LogP) is 1.05. The first-order valence-electron chi connectivity index (χ1n) is 5.39. The van der Waals surface area contributed by atoms with Gasteiger partial charge < -0.3 is 14.4 Å². The molecule has 1 saturated heterocycles. The van der Waals surface area contributed by atoms with Gasteiger partial charge in [0.1, 0.15) is 6.10 Å². The van der Waals surface area contributed by atoms with Crippen LogP contribution in [0.2, 0.25) is 0 Å². The highest BCUT2D eigenvalue weighted by Gasteiger charge is 2.34. The van der Waals surface area contributed by atoms with E-state index in [1.165, 1.54) is 0 Å². The minimum absolute atomic E-state index is 0.0560. The summed E-state index contributed by atoms with van der Waals surface area (Å²) in [6.45, 7) is 5.30. The number of carbonyl (C=O) groups excluding carboxylic acids is 1. The lowest BCUT2D eigenvalue weighted by atomic mass is 9.94. The van der Waals surface area contributed by atoms with Crippen LogP contribution in [-0.2, 0) is 14.3 Å². The molecule has 1 fully saturated rings. The van der Waals surface area contributed by atoms with Crippen LogP contribution in [0.15, 0.2) is 0 Å². The van der Waals surface area contributed by atoms with Gasteiger partial charge in [0.25, 0.3) is 5.91 Å². The van der Waals surface area contributed by atoms with Crippen molar-refractivity contribution < 1.29 is 14.3 Å². The van der Waals surface area contributed by atoms with Gasteiger partial charge >= 0.3 is 0 Å². The van der Waals surface area contributed by atoms with Gasteiger partial charge in [-0.05, 0) is 26.7 Å². The monoisotopic (exact) mass is 215 g/mol. The number of carbonyl (C=O) groups is 1. The van der Waals surface area contributed by atoms with Crippen LogP contribution >= 0.6 is 0 Å². The Morgan fingerprint density at radius 2 is 2.13 bits per heavy atom. The number of rotatable bonds is 3. The molecular formula is C11H21NO3. The molecule has 1 aliphatic rings. The molecule has 1 rings (SSSR count). The summed E-state index contributed by atoms with van der Waals surface area (Å²) in [6, 6.07) is 0. The number of likely N-dealkylation sites (tertiary alicyclic amines) is 1. The fourth-order valence-electron chi connectivity index (χ4n) is 1.92. The van der Waals surface area contributed by atoms with E-state index in [1.54, 1.807) is 21.1 Å². The van der Waals surface area contributed by atoms with Crippen LogP contribution in [0.3, 0.4) is 0 Å². The maximum absolute atomic E-state index is 11.9. The van der Waals surface area contributed by atoms with Crippen molar-refractivity contribution in [2.24, 2.45) is 0 Å². The standard InChI is InChI=1S/C11H21NO3/c1-9(14-3)10(13)12-7-5-6-11(2,8-12)15-4/h9H,5-8H2,1-4H3. The number of ether oxygens (including phenoxy) is 2. The van der Waals surface area contributed by atoms with E-state index in [0.29, 0.717) is 6.54 Å². The molecule has 1 heterocycles. The molecule has 0 aromatic carbocycles. The lowest BCUT2D eigenvalue weighted by Gasteiger charge is -2.40. The van der Waals surface area contributed by atoms with Crippen LogP contribution in [0.1, 0.15) is 26.7 Å². The summed E-state index contributed by atoms with van der Waals surface area (Å²) in [5.74, 6) is 0.0560. The molecule has 4 heteroatoms. The Hall–Kier alpha value is -0.610. The van der Waals surface area contributed by atoms with Gasteiger partial charge in [-0.25, -0.2) is 0 Å². The number of amides is 1. The van der Waals surface area contributed by atoms with Crippen molar-refractivity contribution in [3.8, 4) is 0 Å². The molecule has 0 aliphatic carbocycles. The maximum Gasteiger partial charge on any atom is 0.251 e. The summed E-state index contributed by atoms with van der Waals surface area (Å²) in [6.07, 6.45) is 1.64. The second kappa shape index (κ2) is 4.94. The molecule has 88 valence electrons. The van der Waals surface area contributed by atoms with Crippen LogP contribution in [0.4, 0.5) is 0 Å². The molecule has 0 saturated carbocycles. The van der Waals surface area contributed by atoms with E-state index in [2.05, 4.69) is 0 Å². The molecule has 2 atom stereocenters. The van der Waals surface area contributed by atoms with E-state index >= 15 is 0 Å². The molecule has 0 aromatic heterocycles. The van der Waals surface area contributed by atoms with Gasteiger partial charge in [0.15, 0.2) is 0 Å². The van der Waals surface area contributed by atoms with Crippen molar-refractivity contribution in [1.82, 2.24) is 4.90 Å². The topological polar surface area (TPSA) is 38.8 Å². The van der Waals surface area contributed by atoms with Crippen LogP contribution < -0.4 is 0 Å². The Balaban J connectivity index is 2.60.